The Labute approximate surface area is 125 Å². The van der Waals surface area contributed by atoms with Gasteiger partial charge in [-0.15, -0.1) is 0 Å². The number of carboxylic acid groups (broad SMARTS) is 1. The fourth-order valence-electron chi connectivity index (χ4n) is 2.23. The molecule has 1 aromatic carbocycles. The lowest BCUT2D eigenvalue weighted by molar-refractivity contribution is -0.138. The lowest BCUT2D eigenvalue weighted by Crippen LogP contribution is -2.38. The van der Waals surface area contributed by atoms with E-state index in [0.29, 0.717) is 13.2 Å². The summed E-state index contributed by atoms with van der Waals surface area (Å²) in [7, 11) is 1.58. The Balaban J connectivity index is 2.72. The summed E-state index contributed by atoms with van der Waals surface area (Å²) < 4.78 is 4.93. The average molecular weight is 295 g/mol. The summed E-state index contributed by atoms with van der Waals surface area (Å²) in [5, 5.41) is 22.4. The highest BCUT2D eigenvalue weighted by Crippen LogP contribution is 2.20. The molecule has 2 unspecified atom stereocenters. The standard InChI is InChI=1S/C16H25NO4/c1-3-4-12-5-7-13(8-6-12)16(20)14(11-15(18)19)17-9-10-21-2/h5-8,14,16-17,20H,3-4,9-11H2,1-2H3,(H,18,19). The molecule has 118 valence electrons. The fraction of sp³-hybridized carbons (Fsp3) is 0.562. The first-order valence-corrected chi connectivity index (χ1v) is 7.29. The van der Waals surface area contributed by atoms with Crippen molar-refractivity contribution in [3.8, 4) is 0 Å². The van der Waals surface area contributed by atoms with Crippen LogP contribution in [0.2, 0.25) is 0 Å². The normalized spacial score (nSPS) is 13.9. The zero-order chi connectivity index (χ0) is 15.7. The SMILES string of the molecule is CCCc1ccc(C(O)C(CC(=O)O)NCCOC)cc1. The van der Waals surface area contributed by atoms with Crippen molar-refractivity contribution in [2.75, 3.05) is 20.3 Å². The molecule has 1 rings (SSSR count). The first-order valence-electron chi connectivity index (χ1n) is 7.29. The number of hydrogen-bond acceptors (Lipinski definition) is 4. The lowest BCUT2D eigenvalue weighted by Gasteiger charge is -2.23. The van der Waals surface area contributed by atoms with Crippen molar-refractivity contribution >= 4 is 5.97 Å². The van der Waals surface area contributed by atoms with Crippen molar-refractivity contribution in [2.45, 2.75) is 38.3 Å². The van der Waals surface area contributed by atoms with E-state index in [1.165, 1.54) is 5.56 Å². The van der Waals surface area contributed by atoms with E-state index >= 15 is 0 Å². The van der Waals surface area contributed by atoms with Crippen molar-refractivity contribution < 1.29 is 19.7 Å². The maximum absolute atomic E-state index is 10.9. The van der Waals surface area contributed by atoms with Gasteiger partial charge in [0.25, 0.3) is 0 Å². The van der Waals surface area contributed by atoms with Crippen molar-refractivity contribution in [3.05, 3.63) is 35.4 Å². The van der Waals surface area contributed by atoms with E-state index in [2.05, 4.69) is 12.2 Å². The molecular weight excluding hydrogens is 270 g/mol. The average Bonchev–Trinajstić information content (AvgIpc) is 2.46. The number of carboxylic acids is 1. The fourth-order valence-corrected chi connectivity index (χ4v) is 2.23. The van der Waals surface area contributed by atoms with E-state index in [1.54, 1.807) is 7.11 Å². The summed E-state index contributed by atoms with van der Waals surface area (Å²) in [5.41, 5.74) is 1.95. The zero-order valence-corrected chi connectivity index (χ0v) is 12.7. The van der Waals surface area contributed by atoms with E-state index in [-0.39, 0.29) is 6.42 Å². The Bertz CT molecular complexity index is 419. The number of aliphatic carboxylic acids is 1. The number of methoxy groups -OCH3 is 1. The first kappa shape index (κ1) is 17.6. The molecule has 0 radical (unpaired) electrons. The largest absolute Gasteiger partial charge is 0.481 e. The number of nitrogens with one attached hydrogen (secondary N) is 1. The predicted octanol–water partition coefficient (Wildman–Crippen LogP) is 1.75. The first-order chi connectivity index (χ1) is 10.1. The van der Waals surface area contributed by atoms with Gasteiger partial charge in [-0.2, -0.15) is 0 Å². The molecular formula is C16H25NO4. The summed E-state index contributed by atoms with van der Waals surface area (Å²) >= 11 is 0. The molecule has 0 fully saturated rings. The van der Waals surface area contributed by atoms with Gasteiger partial charge in [-0.3, -0.25) is 4.79 Å². The van der Waals surface area contributed by atoms with Gasteiger partial charge in [-0.25, -0.2) is 0 Å². The van der Waals surface area contributed by atoms with Crippen molar-refractivity contribution in [3.63, 3.8) is 0 Å². The summed E-state index contributed by atoms with van der Waals surface area (Å²) in [6, 6.07) is 7.16. The molecule has 3 N–H and O–H groups in total. The summed E-state index contributed by atoms with van der Waals surface area (Å²) in [4.78, 5) is 10.9. The topological polar surface area (TPSA) is 78.8 Å². The Morgan fingerprint density at radius 3 is 2.52 bits per heavy atom. The number of aryl methyl sites for hydroxylation is 1. The third-order valence-electron chi connectivity index (χ3n) is 3.35. The second-order valence-corrected chi connectivity index (χ2v) is 5.09. The third-order valence-corrected chi connectivity index (χ3v) is 3.35. The van der Waals surface area contributed by atoms with Gasteiger partial charge in [-0.1, -0.05) is 37.6 Å². The number of rotatable bonds is 10. The summed E-state index contributed by atoms with van der Waals surface area (Å²) in [5.74, 6) is -0.938. The van der Waals surface area contributed by atoms with E-state index in [0.717, 1.165) is 18.4 Å². The number of aliphatic hydroxyl groups is 1. The Morgan fingerprint density at radius 1 is 1.33 bits per heavy atom. The van der Waals surface area contributed by atoms with E-state index < -0.39 is 18.1 Å². The number of benzene rings is 1. The second-order valence-electron chi connectivity index (χ2n) is 5.09. The monoisotopic (exact) mass is 295 g/mol. The van der Waals surface area contributed by atoms with E-state index in [9.17, 15) is 9.90 Å². The molecule has 0 saturated carbocycles. The number of carbonyl (C=O) groups is 1. The predicted molar refractivity (Wildman–Crippen MR) is 81.3 cm³/mol. The van der Waals surface area contributed by atoms with Crippen LogP contribution in [0.25, 0.3) is 0 Å². The second kappa shape index (κ2) is 9.50. The van der Waals surface area contributed by atoms with E-state index in [1.807, 2.05) is 24.3 Å². The van der Waals surface area contributed by atoms with Crippen molar-refractivity contribution in [2.24, 2.45) is 0 Å². The third kappa shape index (κ3) is 6.25. The van der Waals surface area contributed by atoms with Gasteiger partial charge < -0.3 is 20.3 Å². The van der Waals surface area contributed by atoms with Gasteiger partial charge >= 0.3 is 5.97 Å². The highest BCUT2D eigenvalue weighted by Gasteiger charge is 2.23. The maximum Gasteiger partial charge on any atom is 0.305 e. The smallest absolute Gasteiger partial charge is 0.305 e. The van der Waals surface area contributed by atoms with Crippen LogP contribution < -0.4 is 5.32 Å². The number of hydrogen-bond donors (Lipinski definition) is 3. The molecule has 0 aliphatic rings. The highest BCUT2D eigenvalue weighted by atomic mass is 16.5. The van der Waals surface area contributed by atoms with Gasteiger partial charge in [0.1, 0.15) is 0 Å². The molecule has 5 heteroatoms. The van der Waals surface area contributed by atoms with Gasteiger partial charge in [0.2, 0.25) is 0 Å². The number of ether oxygens (including phenoxy) is 1. The van der Waals surface area contributed by atoms with Crippen LogP contribution in [0.5, 0.6) is 0 Å². The molecule has 0 aromatic heterocycles. The van der Waals surface area contributed by atoms with Gasteiger partial charge in [0.05, 0.1) is 19.1 Å². The minimum atomic E-state index is -0.938. The summed E-state index contributed by atoms with van der Waals surface area (Å²) in [6.07, 6.45) is 1.08. The van der Waals surface area contributed by atoms with Crippen LogP contribution in [-0.4, -0.2) is 42.5 Å². The van der Waals surface area contributed by atoms with Gasteiger partial charge in [0.15, 0.2) is 0 Å². The molecule has 2 atom stereocenters. The van der Waals surface area contributed by atoms with Crippen LogP contribution in [0.3, 0.4) is 0 Å². The molecule has 0 heterocycles. The van der Waals surface area contributed by atoms with Crippen LogP contribution in [0, 0.1) is 0 Å². The number of aliphatic hydroxyl groups excluding tert-OH is 1. The molecule has 0 saturated heterocycles. The molecule has 0 amide bonds. The van der Waals surface area contributed by atoms with Crippen LogP contribution in [0.4, 0.5) is 0 Å². The van der Waals surface area contributed by atoms with Crippen molar-refractivity contribution in [1.82, 2.24) is 5.32 Å². The minimum Gasteiger partial charge on any atom is -0.481 e. The molecule has 5 nitrogen and oxygen atoms in total. The van der Waals surface area contributed by atoms with Crippen LogP contribution in [0.1, 0.15) is 37.0 Å². The molecule has 1 aromatic rings. The quantitative estimate of drug-likeness (QED) is 0.573. The minimum absolute atomic E-state index is 0.137. The Hall–Kier alpha value is -1.43. The molecule has 0 aliphatic heterocycles. The van der Waals surface area contributed by atoms with E-state index in [4.69, 9.17) is 9.84 Å². The Kier molecular flexibility index (Phi) is 7.97. The van der Waals surface area contributed by atoms with Crippen LogP contribution >= 0.6 is 0 Å². The zero-order valence-electron chi connectivity index (χ0n) is 12.7. The molecule has 0 spiro atoms. The van der Waals surface area contributed by atoms with Crippen LogP contribution in [-0.2, 0) is 16.0 Å². The maximum atomic E-state index is 10.9. The van der Waals surface area contributed by atoms with Gasteiger partial charge in [-0.05, 0) is 17.5 Å². The van der Waals surface area contributed by atoms with Crippen molar-refractivity contribution in [1.29, 1.82) is 0 Å². The van der Waals surface area contributed by atoms with Gasteiger partial charge in [0, 0.05) is 19.7 Å². The summed E-state index contributed by atoms with van der Waals surface area (Å²) in [6.45, 7) is 3.09. The Morgan fingerprint density at radius 2 is 2.00 bits per heavy atom. The van der Waals surface area contributed by atoms with Crippen LogP contribution in [0.15, 0.2) is 24.3 Å². The molecule has 0 bridgehead atoms. The highest BCUT2D eigenvalue weighted by molar-refractivity contribution is 5.67. The molecule has 21 heavy (non-hydrogen) atoms. The lowest BCUT2D eigenvalue weighted by atomic mass is 9.98. The molecule has 0 aliphatic carbocycles.